The summed E-state index contributed by atoms with van der Waals surface area (Å²) >= 11 is 0. The highest BCUT2D eigenvalue weighted by molar-refractivity contribution is 4.63. The van der Waals surface area contributed by atoms with Crippen LogP contribution in [0.15, 0.2) is 0 Å². The van der Waals surface area contributed by atoms with Gasteiger partial charge in [-0.25, -0.2) is 0 Å². The van der Waals surface area contributed by atoms with Crippen molar-refractivity contribution in [3.63, 3.8) is 0 Å². The maximum atomic E-state index is 5.55. The van der Waals surface area contributed by atoms with E-state index < -0.39 is 0 Å². The molecule has 1 N–H and O–H groups in total. The highest BCUT2D eigenvalue weighted by Crippen LogP contribution is 2.07. The van der Waals surface area contributed by atoms with Crippen molar-refractivity contribution in [1.29, 1.82) is 0 Å². The van der Waals surface area contributed by atoms with Gasteiger partial charge in [0.2, 0.25) is 0 Å². The minimum Gasteiger partial charge on any atom is -0.380 e. The van der Waals surface area contributed by atoms with E-state index in [1.165, 1.54) is 38.5 Å². The van der Waals surface area contributed by atoms with Crippen molar-refractivity contribution in [2.24, 2.45) is 0 Å². The zero-order valence-electron chi connectivity index (χ0n) is 10.8. The molecule has 92 valence electrons. The highest BCUT2D eigenvalue weighted by atomic mass is 16.5. The van der Waals surface area contributed by atoms with E-state index in [0.717, 1.165) is 19.6 Å². The van der Waals surface area contributed by atoms with E-state index in [0.29, 0.717) is 6.04 Å². The molecule has 0 aromatic rings. The maximum absolute atomic E-state index is 5.55. The normalized spacial score (nSPS) is 13.0. The lowest BCUT2D eigenvalue weighted by Crippen LogP contribution is -2.30. The first-order valence-corrected chi connectivity index (χ1v) is 6.60. The lowest BCUT2D eigenvalue weighted by Gasteiger charge is -2.15. The van der Waals surface area contributed by atoms with E-state index >= 15 is 0 Å². The van der Waals surface area contributed by atoms with Gasteiger partial charge in [-0.05, 0) is 19.9 Å². The van der Waals surface area contributed by atoms with Crippen molar-refractivity contribution < 1.29 is 4.74 Å². The van der Waals surface area contributed by atoms with Gasteiger partial charge in [-0.2, -0.15) is 0 Å². The molecule has 0 fully saturated rings. The van der Waals surface area contributed by atoms with Crippen LogP contribution in [0.2, 0.25) is 0 Å². The quantitative estimate of drug-likeness (QED) is 0.534. The molecule has 0 aromatic carbocycles. The summed E-state index contributed by atoms with van der Waals surface area (Å²) in [6, 6.07) is 0.554. The Kier molecular flexibility index (Phi) is 11.9. The van der Waals surface area contributed by atoms with Crippen molar-refractivity contribution in [2.75, 3.05) is 20.3 Å². The van der Waals surface area contributed by atoms with Crippen LogP contribution in [0, 0.1) is 0 Å². The number of hydrogen-bond acceptors (Lipinski definition) is 2. The minimum absolute atomic E-state index is 0.554. The summed E-state index contributed by atoms with van der Waals surface area (Å²) in [5.74, 6) is 0. The highest BCUT2D eigenvalue weighted by Gasteiger charge is 2.04. The van der Waals surface area contributed by atoms with Crippen LogP contribution in [0.5, 0.6) is 0 Å². The average Bonchev–Trinajstić information content (AvgIpc) is 2.26. The molecule has 0 aromatic heterocycles. The third-order valence-corrected chi connectivity index (χ3v) is 2.73. The fraction of sp³-hybridized carbons (Fsp3) is 1.00. The summed E-state index contributed by atoms with van der Waals surface area (Å²) in [7, 11) is 2.03. The van der Waals surface area contributed by atoms with Gasteiger partial charge in [0, 0.05) is 12.6 Å². The summed E-state index contributed by atoms with van der Waals surface area (Å²) in [5, 5.41) is 3.33. The van der Waals surface area contributed by atoms with Gasteiger partial charge in [0.25, 0.3) is 0 Å². The minimum atomic E-state index is 0.554. The Labute approximate surface area is 95.8 Å². The van der Waals surface area contributed by atoms with Crippen LogP contribution in [0.3, 0.4) is 0 Å². The molecule has 0 aliphatic carbocycles. The van der Waals surface area contributed by atoms with E-state index in [4.69, 9.17) is 4.74 Å². The first-order valence-electron chi connectivity index (χ1n) is 6.60. The number of ether oxygens (including phenoxy) is 1. The van der Waals surface area contributed by atoms with E-state index in [-0.39, 0.29) is 0 Å². The molecule has 1 atom stereocenters. The third kappa shape index (κ3) is 10.2. The zero-order valence-corrected chi connectivity index (χ0v) is 10.8. The molecule has 0 aliphatic heterocycles. The smallest absolute Gasteiger partial charge is 0.0619 e. The second kappa shape index (κ2) is 12.0. The number of nitrogens with one attached hydrogen (secondary N) is 1. The van der Waals surface area contributed by atoms with Gasteiger partial charge < -0.3 is 10.1 Å². The Hall–Kier alpha value is -0.0800. The molecule has 2 heteroatoms. The van der Waals surface area contributed by atoms with E-state index in [1.54, 1.807) is 0 Å². The summed E-state index contributed by atoms with van der Waals surface area (Å²) in [6.07, 6.45) is 9.19. The van der Waals surface area contributed by atoms with Gasteiger partial charge in [0.1, 0.15) is 0 Å². The topological polar surface area (TPSA) is 21.3 Å². The predicted molar refractivity (Wildman–Crippen MR) is 67.3 cm³/mol. The molecule has 0 rings (SSSR count). The molecular formula is C13H29NO. The van der Waals surface area contributed by atoms with Crippen molar-refractivity contribution in [3.8, 4) is 0 Å². The second-order valence-electron chi connectivity index (χ2n) is 4.26. The largest absolute Gasteiger partial charge is 0.380 e. The molecule has 0 saturated heterocycles. The molecular weight excluding hydrogens is 186 g/mol. The van der Waals surface area contributed by atoms with Crippen LogP contribution in [0.1, 0.15) is 58.8 Å². The van der Waals surface area contributed by atoms with Gasteiger partial charge in [-0.3, -0.25) is 0 Å². The van der Waals surface area contributed by atoms with Crippen LogP contribution in [-0.4, -0.2) is 26.3 Å². The van der Waals surface area contributed by atoms with Crippen LogP contribution in [-0.2, 0) is 4.74 Å². The molecule has 1 unspecified atom stereocenters. The molecule has 0 bridgehead atoms. The number of hydrogen-bond donors (Lipinski definition) is 1. The zero-order chi connectivity index (χ0) is 11.4. The molecule has 0 radical (unpaired) electrons. The first-order chi connectivity index (χ1) is 7.35. The van der Waals surface area contributed by atoms with Crippen molar-refractivity contribution in [1.82, 2.24) is 5.32 Å². The van der Waals surface area contributed by atoms with E-state index in [9.17, 15) is 0 Å². The van der Waals surface area contributed by atoms with E-state index in [2.05, 4.69) is 19.2 Å². The second-order valence-corrected chi connectivity index (χ2v) is 4.26. The lowest BCUT2D eigenvalue weighted by atomic mass is 10.1. The Morgan fingerprint density at radius 1 is 1.00 bits per heavy atom. The van der Waals surface area contributed by atoms with Crippen LogP contribution in [0.25, 0.3) is 0 Å². The Morgan fingerprint density at radius 2 is 1.73 bits per heavy atom. The van der Waals surface area contributed by atoms with Gasteiger partial charge in [0.05, 0.1) is 6.61 Å². The Bertz CT molecular complexity index is 117. The van der Waals surface area contributed by atoms with Crippen LogP contribution < -0.4 is 5.32 Å². The number of unbranched alkanes of at least 4 members (excludes halogenated alkanes) is 4. The van der Waals surface area contributed by atoms with Gasteiger partial charge in [0.15, 0.2) is 0 Å². The molecule has 0 amide bonds. The standard InChI is InChI=1S/C13H29NO/c1-4-6-7-8-9-10-13(14-3)12-15-11-5-2/h13-14H,4-12H2,1-3H3. The van der Waals surface area contributed by atoms with Crippen molar-refractivity contribution in [2.45, 2.75) is 64.8 Å². The average molecular weight is 215 g/mol. The molecule has 0 heterocycles. The Balaban J connectivity index is 3.28. The molecule has 0 saturated carbocycles. The lowest BCUT2D eigenvalue weighted by molar-refractivity contribution is 0.110. The van der Waals surface area contributed by atoms with Crippen LogP contribution in [0.4, 0.5) is 0 Å². The molecule has 0 aliphatic rings. The van der Waals surface area contributed by atoms with Gasteiger partial charge in [-0.15, -0.1) is 0 Å². The first kappa shape index (κ1) is 14.9. The van der Waals surface area contributed by atoms with Gasteiger partial charge in [-0.1, -0.05) is 46.0 Å². The molecule has 0 spiro atoms. The van der Waals surface area contributed by atoms with E-state index in [1.807, 2.05) is 7.05 Å². The maximum Gasteiger partial charge on any atom is 0.0619 e. The fourth-order valence-corrected chi connectivity index (χ4v) is 1.68. The van der Waals surface area contributed by atoms with Crippen molar-refractivity contribution >= 4 is 0 Å². The summed E-state index contributed by atoms with van der Waals surface area (Å²) in [4.78, 5) is 0. The van der Waals surface area contributed by atoms with Gasteiger partial charge >= 0.3 is 0 Å². The fourth-order valence-electron chi connectivity index (χ4n) is 1.68. The predicted octanol–water partition coefficient (Wildman–Crippen LogP) is 3.36. The van der Waals surface area contributed by atoms with Crippen molar-refractivity contribution in [3.05, 3.63) is 0 Å². The summed E-state index contributed by atoms with van der Waals surface area (Å²) < 4.78 is 5.55. The molecule has 2 nitrogen and oxygen atoms in total. The summed E-state index contributed by atoms with van der Waals surface area (Å²) in [6.45, 7) is 6.18. The summed E-state index contributed by atoms with van der Waals surface area (Å²) in [5.41, 5.74) is 0. The molecule has 15 heavy (non-hydrogen) atoms. The third-order valence-electron chi connectivity index (χ3n) is 2.73. The number of likely N-dealkylation sites (N-methyl/N-ethyl adjacent to an activating group) is 1. The SMILES string of the molecule is CCCCCCCC(COCCC)NC. The monoisotopic (exact) mass is 215 g/mol. The Morgan fingerprint density at radius 3 is 2.33 bits per heavy atom. The van der Waals surface area contributed by atoms with Crippen LogP contribution >= 0.6 is 0 Å². The number of rotatable bonds is 11.